The van der Waals surface area contributed by atoms with Crippen LogP contribution in [0.2, 0.25) is 0 Å². The van der Waals surface area contributed by atoms with Gasteiger partial charge in [0.15, 0.2) is 0 Å². The highest BCUT2D eigenvalue weighted by molar-refractivity contribution is 9.10. The predicted octanol–water partition coefficient (Wildman–Crippen LogP) is 2.38. The maximum absolute atomic E-state index is 5.91. The van der Waals surface area contributed by atoms with Gasteiger partial charge in [0, 0.05) is 29.8 Å². The molecule has 0 saturated carbocycles. The van der Waals surface area contributed by atoms with Crippen LogP contribution in [-0.2, 0) is 13.6 Å². The fourth-order valence-corrected chi connectivity index (χ4v) is 1.84. The molecule has 2 aromatic rings. The molecule has 0 aliphatic rings. The number of hydrogen-bond donors (Lipinski definition) is 2. The van der Waals surface area contributed by atoms with Gasteiger partial charge in [-0.3, -0.25) is 4.68 Å². The first-order valence-electron chi connectivity index (χ1n) is 4.92. The Bertz CT molecular complexity index is 492. The van der Waals surface area contributed by atoms with E-state index in [1.54, 1.807) is 10.9 Å². The Balaban J connectivity index is 2.08. The van der Waals surface area contributed by atoms with Crippen molar-refractivity contribution >= 4 is 27.4 Å². The summed E-state index contributed by atoms with van der Waals surface area (Å²) < 4.78 is 2.78. The van der Waals surface area contributed by atoms with Gasteiger partial charge in [-0.05, 0) is 17.7 Å². The van der Waals surface area contributed by atoms with Gasteiger partial charge in [-0.2, -0.15) is 5.10 Å². The van der Waals surface area contributed by atoms with Gasteiger partial charge < -0.3 is 11.1 Å². The number of rotatable bonds is 3. The van der Waals surface area contributed by atoms with E-state index in [4.69, 9.17) is 5.73 Å². The molecule has 0 bridgehead atoms. The first kappa shape index (κ1) is 11.0. The smallest absolute Gasteiger partial charge is 0.124 e. The number of halogens is 1. The molecular formula is C11H13BrN4. The van der Waals surface area contributed by atoms with Crippen LogP contribution in [0.1, 0.15) is 5.56 Å². The summed E-state index contributed by atoms with van der Waals surface area (Å²) in [7, 11) is 1.90. The molecule has 2 rings (SSSR count). The Hall–Kier alpha value is -1.49. The molecule has 0 aliphatic heterocycles. The third-order valence-corrected chi connectivity index (χ3v) is 2.88. The minimum absolute atomic E-state index is 0.693. The lowest BCUT2D eigenvalue weighted by Crippen LogP contribution is -2.06. The molecule has 16 heavy (non-hydrogen) atoms. The van der Waals surface area contributed by atoms with E-state index >= 15 is 0 Å². The molecule has 0 radical (unpaired) electrons. The van der Waals surface area contributed by atoms with Crippen molar-refractivity contribution in [2.24, 2.45) is 7.05 Å². The Kier molecular flexibility index (Phi) is 3.14. The van der Waals surface area contributed by atoms with Crippen molar-refractivity contribution in [3.8, 4) is 0 Å². The number of nitrogens with two attached hydrogens (primary N) is 1. The van der Waals surface area contributed by atoms with Crippen molar-refractivity contribution in [1.82, 2.24) is 9.78 Å². The van der Waals surface area contributed by atoms with Gasteiger partial charge in [0.2, 0.25) is 0 Å². The van der Waals surface area contributed by atoms with Crippen LogP contribution in [0.5, 0.6) is 0 Å². The van der Waals surface area contributed by atoms with Gasteiger partial charge in [-0.15, -0.1) is 0 Å². The van der Waals surface area contributed by atoms with Gasteiger partial charge >= 0.3 is 0 Å². The summed E-state index contributed by atoms with van der Waals surface area (Å²) in [6.45, 7) is 0.693. The fourth-order valence-electron chi connectivity index (χ4n) is 1.46. The van der Waals surface area contributed by atoms with Crippen molar-refractivity contribution in [1.29, 1.82) is 0 Å². The first-order chi connectivity index (χ1) is 7.66. The molecule has 0 saturated heterocycles. The standard InChI is InChI=1S/C11H13BrN4/c1-16-11(4-5-15-16)14-7-8-2-3-9(12)6-10(8)13/h2-6,14H,7,13H2,1H3. The summed E-state index contributed by atoms with van der Waals surface area (Å²) >= 11 is 3.38. The van der Waals surface area contributed by atoms with Crippen LogP contribution in [0.25, 0.3) is 0 Å². The van der Waals surface area contributed by atoms with Crippen LogP contribution in [0, 0.1) is 0 Å². The number of aromatic nitrogens is 2. The largest absolute Gasteiger partial charge is 0.398 e. The molecule has 1 aromatic carbocycles. The minimum Gasteiger partial charge on any atom is -0.398 e. The van der Waals surface area contributed by atoms with E-state index in [-0.39, 0.29) is 0 Å². The average molecular weight is 281 g/mol. The lowest BCUT2D eigenvalue weighted by atomic mass is 10.2. The number of nitrogens with zero attached hydrogens (tertiary/aromatic N) is 2. The third-order valence-electron chi connectivity index (χ3n) is 2.39. The lowest BCUT2D eigenvalue weighted by molar-refractivity contribution is 0.769. The maximum atomic E-state index is 5.91. The molecule has 0 atom stereocenters. The molecule has 4 nitrogen and oxygen atoms in total. The van der Waals surface area contributed by atoms with Crippen LogP contribution in [0.4, 0.5) is 11.5 Å². The van der Waals surface area contributed by atoms with E-state index in [9.17, 15) is 0 Å². The Morgan fingerprint density at radius 3 is 2.88 bits per heavy atom. The Labute approximate surface area is 103 Å². The molecule has 3 N–H and O–H groups in total. The molecule has 84 valence electrons. The maximum Gasteiger partial charge on any atom is 0.124 e. The zero-order valence-corrected chi connectivity index (χ0v) is 10.5. The van der Waals surface area contributed by atoms with E-state index in [0.717, 1.165) is 21.5 Å². The first-order valence-corrected chi connectivity index (χ1v) is 5.72. The van der Waals surface area contributed by atoms with Gasteiger partial charge in [0.1, 0.15) is 5.82 Å². The number of anilines is 2. The minimum atomic E-state index is 0.693. The fraction of sp³-hybridized carbons (Fsp3) is 0.182. The number of nitrogen functional groups attached to an aromatic ring is 1. The average Bonchev–Trinajstić information content (AvgIpc) is 2.63. The monoisotopic (exact) mass is 280 g/mol. The summed E-state index contributed by atoms with van der Waals surface area (Å²) in [5.74, 6) is 0.974. The van der Waals surface area contributed by atoms with Crippen LogP contribution in [-0.4, -0.2) is 9.78 Å². The molecule has 0 unspecified atom stereocenters. The van der Waals surface area contributed by atoms with Crippen molar-refractivity contribution in [3.63, 3.8) is 0 Å². The molecule has 0 spiro atoms. The molecule has 0 amide bonds. The third kappa shape index (κ3) is 2.36. The highest BCUT2D eigenvalue weighted by atomic mass is 79.9. The van der Waals surface area contributed by atoms with Crippen molar-refractivity contribution in [2.45, 2.75) is 6.54 Å². The summed E-state index contributed by atoms with van der Waals surface area (Å²) in [6, 6.07) is 7.81. The topological polar surface area (TPSA) is 55.9 Å². The molecular weight excluding hydrogens is 268 g/mol. The number of benzene rings is 1. The summed E-state index contributed by atoms with van der Waals surface area (Å²) in [5, 5.41) is 7.36. The van der Waals surface area contributed by atoms with Gasteiger partial charge in [-0.1, -0.05) is 22.0 Å². The zero-order chi connectivity index (χ0) is 11.5. The second-order valence-corrected chi connectivity index (χ2v) is 4.45. The molecule has 0 fully saturated rings. The SMILES string of the molecule is Cn1nccc1NCc1ccc(Br)cc1N. The van der Waals surface area contributed by atoms with Crippen molar-refractivity contribution < 1.29 is 0 Å². The van der Waals surface area contributed by atoms with Gasteiger partial charge in [0.25, 0.3) is 0 Å². The van der Waals surface area contributed by atoms with E-state index < -0.39 is 0 Å². The predicted molar refractivity (Wildman–Crippen MR) is 69.1 cm³/mol. The van der Waals surface area contributed by atoms with Crippen LogP contribution in [0.3, 0.4) is 0 Å². The Morgan fingerprint density at radius 1 is 1.44 bits per heavy atom. The van der Waals surface area contributed by atoms with Gasteiger partial charge in [0.05, 0.1) is 6.20 Å². The molecule has 5 heteroatoms. The highest BCUT2D eigenvalue weighted by Gasteiger charge is 2.01. The van der Waals surface area contributed by atoms with Crippen molar-refractivity contribution in [3.05, 3.63) is 40.5 Å². The van der Waals surface area contributed by atoms with Crippen LogP contribution in [0.15, 0.2) is 34.9 Å². The van der Waals surface area contributed by atoms with Crippen LogP contribution >= 0.6 is 15.9 Å². The number of aryl methyl sites for hydroxylation is 1. The summed E-state index contributed by atoms with van der Waals surface area (Å²) in [6.07, 6.45) is 1.76. The zero-order valence-electron chi connectivity index (χ0n) is 8.94. The molecule has 1 aromatic heterocycles. The van der Waals surface area contributed by atoms with E-state index in [1.165, 1.54) is 0 Å². The highest BCUT2D eigenvalue weighted by Crippen LogP contribution is 2.19. The molecule has 1 heterocycles. The van der Waals surface area contributed by atoms with Crippen LogP contribution < -0.4 is 11.1 Å². The second-order valence-electron chi connectivity index (χ2n) is 3.54. The number of nitrogens with one attached hydrogen (secondary N) is 1. The van der Waals surface area contributed by atoms with E-state index in [0.29, 0.717) is 6.54 Å². The van der Waals surface area contributed by atoms with Gasteiger partial charge in [-0.25, -0.2) is 0 Å². The summed E-state index contributed by atoms with van der Waals surface area (Å²) in [4.78, 5) is 0. The summed E-state index contributed by atoms with van der Waals surface area (Å²) in [5.41, 5.74) is 7.76. The lowest BCUT2D eigenvalue weighted by Gasteiger charge is -2.09. The Morgan fingerprint density at radius 2 is 2.25 bits per heavy atom. The quantitative estimate of drug-likeness (QED) is 0.849. The van der Waals surface area contributed by atoms with Crippen molar-refractivity contribution in [2.75, 3.05) is 11.1 Å². The van der Waals surface area contributed by atoms with E-state index in [2.05, 4.69) is 26.3 Å². The number of hydrogen-bond acceptors (Lipinski definition) is 3. The normalized spacial score (nSPS) is 10.4. The second kappa shape index (κ2) is 4.57. The molecule has 0 aliphatic carbocycles. The van der Waals surface area contributed by atoms with E-state index in [1.807, 2.05) is 31.3 Å².